The Kier molecular flexibility index (Phi) is 3.03. The molecule has 0 saturated carbocycles. The Balaban J connectivity index is 1.87. The van der Waals surface area contributed by atoms with Gasteiger partial charge in [0.1, 0.15) is 4.90 Å². The standard InChI is InChI=1S/C11H19N5O2S/c1-14-8-10(11(12)13-14)19(17,18)16-6-5-15-4-2-3-9(15)7-16/h8-9H,2-7H2,1H3,(H2,12,13). The summed E-state index contributed by atoms with van der Waals surface area (Å²) in [6.07, 6.45) is 3.72. The Morgan fingerprint density at radius 1 is 1.37 bits per heavy atom. The van der Waals surface area contributed by atoms with Crippen LogP contribution in [0, 0.1) is 0 Å². The second-order valence-corrected chi connectivity index (χ2v) is 7.15. The van der Waals surface area contributed by atoms with Crippen molar-refractivity contribution >= 4 is 15.8 Å². The molecule has 3 heterocycles. The molecule has 7 nitrogen and oxygen atoms in total. The molecule has 1 unspecified atom stereocenters. The Bertz CT molecular complexity index is 582. The first-order valence-corrected chi connectivity index (χ1v) is 7.96. The van der Waals surface area contributed by atoms with Gasteiger partial charge in [0.15, 0.2) is 5.82 Å². The van der Waals surface area contributed by atoms with Crippen LogP contribution in [0.2, 0.25) is 0 Å². The highest BCUT2D eigenvalue weighted by Gasteiger charge is 2.37. The molecule has 2 aliphatic heterocycles. The molecule has 1 atom stereocenters. The number of hydrogen-bond acceptors (Lipinski definition) is 5. The van der Waals surface area contributed by atoms with Crippen LogP contribution < -0.4 is 5.73 Å². The van der Waals surface area contributed by atoms with Crippen molar-refractivity contribution in [3.8, 4) is 0 Å². The van der Waals surface area contributed by atoms with Crippen LogP contribution in [0.3, 0.4) is 0 Å². The van der Waals surface area contributed by atoms with Crippen molar-refractivity contribution in [2.24, 2.45) is 7.05 Å². The van der Waals surface area contributed by atoms with E-state index in [4.69, 9.17) is 5.73 Å². The first-order valence-electron chi connectivity index (χ1n) is 6.52. The number of nitrogens with two attached hydrogens (primary N) is 1. The maximum absolute atomic E-state index is 12.6. The molecule has 8 heteroatoms. The van der Waals surface area contributed by atoms with Gasteiger partial charge in [-0.3, -0.25) is 9.58 Å². The molecule has 1 aromatic heterocycles. The third kappa shape index (κ3) is 2.13. The summed E-state index contributed by atoms with van der Waals surface area (Å²) in [4.78, 5) is 2.50. The second-order valence-electron chi connectivity index (χ2n) is 5.25. The molecule has 19 heavy (non-hydrogen) atoms. The number of rotatable bonds is 2. The monoisotopic (exact) mass is 285 g/mol. The number of nitrogen functional groups attached to an aromatic ring is 1. The summed E-state index contributed by atoms with van der Waals surface area (Å²) >= 11 is 0. The van der Waals surface area contributed by atoms with Gasteiger partial charge in [-0.15, -0.1) is 0 Å². The Hall–Kier alpha value is -1.12. The average molecular weight is 285 g/mol. The molecule has 0 aromatic carbocycles. The molecule has 0 bridgehead atoms. The zero-order valence-corrected chi connectivity index (χ0v) is 11.8. The molecule has 106 valence electrons. The van der Waals surface area contributed by atoms with E-state index in [9.17, 15) is 8.42 Å². The number of piperazine rings is 1. The van der Waals surface area contributed by atoms with E-state index < -0.39 is 10.0 Å². The fraction of sp³-hybridized carbons (Fsp3) is 0.727. The van der Waals surface area contributed by atoms with Crippen LogP contribution in [-0.4, -0.2) is 59.6 Å². The lowest BCUT2D eigenvalue weighted by Gasteiger charge is -2.36. The average Bonchev–Trinajstić information content (AvgIpc) is 2.94. The van der Waals surface area contributed by atoms with E-state index >= 15 is 0 Å². The van der Waals surface area contributed by atoms with Crippen LogP contribution in [0.5, 0.6) is 0 Å². The highest BCUT2D eigenvalue weighted by molar-refractivity contribution is 7.89. The van der Waals surface area contributed by atoms with Gasteiger partial charge >= 0.3 is 0 Å². The van der Waals surface area contributed by atoms with Gasteiger partial charge in [-0.2, -0.15) is 9.40 Å². The number of sulfonamides is 1. The van der Waals surface area contributed by atoms with Crippen molar-refractivity contribution in [1.82, 2.24) is 19.0 Å². The van der Waals surface area contributed by atoms with Crippen LogP contribution in [0.25, 0.3) is 0 Å². The van der Waals surface area contributed by atoms with Gasteiger partial charge < -0.3 is 5.73 Å². The Labute approximate surface area is 113 Å². The molecule has 2 N–H and O–H groups in total. The van der Waals surface area contributed by atoms with Crippen molar-refractivity contribution in [3.63, 3.8) is 0 Å². The molecule has 0 amide bonds. The highest BCUT2D eigenvalue weighted by Crippen LogP contribution is 2.27. The lowest BCUT2D eigenvalue weighted by atomic mass is 10.2. The zero-order valence-electron chi connectivity index (χ0n) is 11.0. The largest absolute Gasteiger partial charge is 0.381 e. The number of fused-ring (bicyclic) bond motifs is 1. The van der Waals surface area contributed by atoms with Gasteiger partial charge in [-0.05, 0) is 19.4 Å². The topological polar surface area (TPSA) is 84.5 Å². The normalized spacial score (nSPS) is 25.6. The minimum Gasteiger partial charge on any atom is -0.381 e. The van der Waals surface area contributed by atoms with Gasteiger partial charge in [0.2, 0.25) is 10.0 Å². The first kappa shape index (κ1) is 12.9. The third-order valence-corrected chi connectivity index (χ3v) is 5.87. The molecule has 3 rings (SSSR count). The molecular formula is C11H19N5O2S. The summed E-state index contributed by atoms with van der Waals surface area (Å²) in [7, 11) is -1.84. The van der Waals surface area contributed by atoms with Crippen molar-refractivity contribution in [2.45, 2.75) is 23.8 Å². The highest BCUT2D eigenvalue weighted by atomic mass is 32.2. The van der Waals surface area contributed by atoms with Gasteiger partial charge in [0.05, 0.1) is 0 Å². The van der Waals surface area contributed by atoms with E-state index in [2.05, 4.69) is 10.00 Å². The SMILES string of the molecule is Cn1cc(S(=O)(=O)N2CCN3CCCC3C2)c(N)n1. The van der Waals surface area contributed by atoms with Crippen molar-refractivity contribution in [3.05, 3.63) is 6.20 Å². The Morgan fingerprint density at radius 2 is 2.16 bits per heavy atom. The van der Waals surface area contributed by atoms with E-state index in [1.54, 1.807) is 11.4 Å². The summed E-state index contributed by atoms with van der Waals surface area (Å²) in [6, 6.07) is 0.362. The summed E-state index contributed by atoms with van der Waals surface area (Å²) in [5, 5.41) is 3.92. The van der Waals surface area contributed by atoms with Crippen LogP contribution >= 0.6 is 0 Å². The minimum atomic E-state index is -3.51. The number of hydrogen-bond donors (Lipinski definition) is 1. The Morgan fingerprint density at radius 3 is 2.84 bits per heavy atom. The maximum atomic E-state index is 12.6. The predicted molar refractivity (Wildman–Crippen MR) is 71.0 cm³/mol. The van der Waals surface area contributed by atoms with Crippen LogP contribution in [0.15, 0.2) is 11.1 Å². The number of anilines is 1. The molecule has 0 aliphatic carbocycles. The van der Waals surface area contributed by atoms with Crippen LogP contribution in [0.1, 0.15) is 12.8 Å². The molecule has 2 aliphatic rings. The van der Waals surface area contributed by atoms with Crippen molar-refractivity contribution in [2.75, 3.05) is 31.9 Å². The lowest BCUT2D eigenvalue weighted by Crippen LogP contribution is -2.51. The summed E-state index contributed by atoms with van der Waals surface area (Å²) in [5.41, 5.74) is 5.69. The number of aromatic nitrogens is 2. The fourth-order valence-electron chi connectivity index (χ4n) is 3.00. The predicted octanol–water partition coefficient (Wildman–Crippen LogP) is -0.529. The number of aryl methyl sites for hydroxylation is 1. The van der Waals surface area contributed by atoms with E-state index in [1.807, 2.05) is 0 Å². The molecular weight excluding hydrogens is 266 g/mol. The van der Waals surface area contributed by atoms with E-state index in [1.165, 1.54) is 10.9 Å². The smallest absolute Gasteiger partial charge is 0.248 e. The maximum Gasteiger partial charge on any atom is 0.248 e. The number of nitrogens with zero attached hydrogens (tertiary/aromatic N) is 4. The molecule has 0 spiro atoms. The van der Waals surface area contributed by atoms with Gasteiger partial charge in [0, 0.05) is 38.9 Å². The van der Waals surface area contributed by atoms with E-state index in [-0.39, 0.29) is 10.7 Å². The second kappa shape index (κ2) is 4.46. The molecule has 2 fully saturated rings. The molecule has 0 radical (unpaired) electrons. The summed E-state index contributed by atoms with van der Waals surface area (Å²) in [5.74, 6) is 0.0800. The van der Waals surface area contributed by atoms with E-state index in [0.29, 0.717) is 19.1 Å². The quantitative estimate of drug-likeness (QED) is 0.790. The van der Waals surface area contributed by atoms with Gasteiger partial charge in [-0.25, -0.2) is 8.42 Å². The summed E-state index contributed by atoms with van der Waals surface area (Å²) in [6.45, 7) is 3.00. The third-order valence-electron chi connectivity index (χ3n) is 3.99. The zero-order chi connectivity index (χ0) is 13.6. The summed E-state index contributed by atoms with van der Waals surface area (Å²) < 4.78 is 28.2. The minimum absolute atomic E-state index is 0.0800. The molecule has 1 aromatic rings. The molecule has 2 saturated heterocycles. The van der Waals surface area contributed by atoms with Crippen LogP contribution in [0.4, 0.5) is 5.82 Å². The van der Waals surface area contributed by atoms with E-state index in [0.717, 1.165) is 25.9 Å². The van der Waals surface area contributed by atoms with Crippen molar-refractivity contribution < 1.29 is 8.42 Å². The van der Waals surface area contributed by atoms with Crippen molar-refractivity contribution in [1.29, 1.82) is 0 Å². The first-order chi connectivity index (χ1) is 8.98. The van der Waals surface area contributed by atoms with Gasteiger partial charge in [0.25, 0.3) is 0 Å². The van der Waals surface area contributed by atoms with Crippen LogP contribution in [-0.2, 0) is 17.1 Å². The lowest BCUT2D eigenvalue weighted by molar-refractivity contribution is 0.158. The van der Waals surface area contributed by atoms with Gasteiger partial charge in [-0.1, -0.05) is 0 Å². The fourth-order valence-corrected chi connectivity index (χ4v) is 4.56.